The predicted molar refractivity (Wildman–Crippen MR) is 40.3 cm³/mol. The van der Waals surface area contributed by atoms with Crippen LogP contribution in [0.1, 0.15) is 0 Å². The van der Waals surface area contributed by atoms with Gasteiger partial charge in [-0.3, -0.25) is 14.6 Å². The summed E-state index contributed by atoms with van der Waals surface area (Å²) in [5.74, 6) is 0. The molecule has 0 amide bonds. The molecule has 0 bridgehead atoms. The Morgan fingerprint density at radius 3 is 0.467 bits per heavy atom. The molecule has 0 aliphatic rings. The average Bonchev–Trinajstić information content (AvgIpc) is 1.25. The second-order valence-corrected chi connectivity index (χ2v) is 0.577. The summed E-state index contributed by atoms with van der Waals surface area (Å²) < 4.78 is 0. The standard InChI is InChI=1S/Al.2BO3.3Ca.3H2O/c;2*2-1(3)4;;;;;;/h;;;;;;3*1H2/q+3;2*-3;3*+2;;;/p-3. The van der Waals surface area contributed by atoms with E-state index in [-0.39, 0.29) is 147 Å². The van der Waals surface area contributed by atoms with E-state index in [4.69, 9.17) is 30.1 Å². The number of hydrogen-bond acceptors (Lipinski definition) is 9. The SMILES string of the molecule is [Al+3].[Ca+2].[Ca+2].[Ca+2].[O-]B([O-])[O-].[O-]B([O-])[O-].[OH-].[OH-].[OH-]. The molecule has 0 radical (unpaired) electrons. The van der Waals surface area contributed by atoms with Crippen LogP contribution in [0.4, 0.5) is 0 Å². The van der Waals surface area contributed by atoms with Gasteiger partial charge in [-0.1, -0.05) is 0 Å². The van der Waals surface area contributed by atoms with Crippen LogP contribution in [-0.2, 0) is 0 Å². The van der Waals surface area contributed by atoms with Crippen LogP contribution in [0.2, 0.25) is 0 Å². The molecule has 0 saturated carbocycles. The molecule has 15 heteroatoms. The molecule has 0 fully saturated rings. The molecule has 0 heterocycles. The van der Waals surface area contributed by atoms with Gasteiger partial charge in [0, 0.05) is 0 Å². The average molecular weight is 316 g/mol. The van der Waals surface area contributed by atoms with Crippen LogP contribution in [0.5, 0.6) is 0 Å². The minimum absolute atomic E-state index is 0. The summed E-state index contributed by atoms with van der Waals surface area (Å²) >= 11 is 0. The molecule has 0 aromatic carbocycles. The van der Waals surface area contributed by atoms with E-state index in [1.54, 1.807) is 0 Å². The molecule has 9 nitrogen and oxygen atoms in total. The van der Waals surface area contributed by atoms with Crippen molar-refractivity contribution >= 4 is 145 Å². The van der Waals surface area contributed by atoms with Crippen molar-refractivity contribution < 1.29 is 46.6 Å². The van der Waals surface area contributed by atoms with Crippen molar-refractivity contribution in [3.05, 3.63) is 0 Å². The molecule has 0 rings (SSSR count). The molecule has 0 aliphatic heterocycles. The maximum Gasteiger partial charge on any atom is 3.00 e. The van der Waals surface area contributed by atoms with E-state index in [0.717, 1.165) is 0 Å². The van der Waals surface area contributed by atoms with Crippen LogP contribution in [0.3, 0.4) is 0 Å². The minimum Gasteiger partial charge on any atom is -0.907 e. The second kappa shape index (κ2) is 51.9. The van der Waals surface area contributed by atoms with Crippen LogP contribution in [0.15, 0.2) is 0 Å². The molecule has 0 aromatic rings. The second-order valence-electron chi connectivity index (χ2n) is 0.577. The van der Waals surface area contributed by atoms with Crippen LogP contribution in [0.25, 0.3) is 0 Å². The topological polar surface area (TPSA) is 228 Å². The molecule has 0 aliphatic carbocycles. The van der Waals surface area contributed by atoms with Gasteiger partial charge in [0.2, 0.25) is 0 Å². The van der Waals surface area contributed by atoms with Gasteiger partial charge in [-0.25, -0.2) is 0 Å². The first kappa shape index (κ1) is 61.4. The molecule has 3 N–H and O–H groups in total. The normalized spacial score (nSPS) is 3.60. The summed E-state index contributed by atoms with van der Waals surface area (Å²) in [5.41, 5.74) is 0. The van der Waals surface area contributed by atoms with E-state index in [0.29, 0.717) is 0 Å². The maximum absolute atomic E-state index is 8.42. The van der Waals surface area contributed by atoms with Gasteiger partial charge >= 0.3 is 131 Å². The molecule has 15 heavy (non-hydrogen) atoms. The van der Waals surface area contributed by atoms with E-state index < -0.39 is 14.6 Å². The molecule has 0 spiro atoms. The van der Waals surface area contributed by atoms with Crippen molar-refractivity contribution in [2.75, 3.05) is 0 Å². The fourth-order valence-corrected chi connectivity index (χ4v) is 0. The third kappa shape index (κ3) is 281. The molecular formula is H3AlB2Ca3O9. The van der Waals surface area contributed by atoms with Crippen LogP contribution < -0.4 is 30.1 Å². The van der Waals surface area contributed by atoms with Crippen LogP contribution in [0, 0.1) is 0 Å². The number of hydrogen-bond donors (Lipinski definition) is 0. The molecule has 0 atom stereocenters. The van der Waals surface area contributed by atoms with Crippen molar-refractivity contribution in [1.82, 2.24) is 0 Å². The van der Waals surface area contributed by atoms with E-state index in [2.05, 4.69) is 0 Å². The minimum atomic E-state index is -2.92. The van der Waals surface area contributed by atoms with Crippen LogP contribution >= 0.6 is 0 Å². The summed E-state index contributed by atoms with van der Waals surface area (Å²) in [6, 6.07) is 0. The Hall–Kier alpha value is 4.08. The number of rotatable bonds is 0. The van der Waals surface area contributed by atoms with E-state index in [1.807, 2.05) is 0 Å². The fourth-order valence-electron chi connectivity index (χ4n) is 0. The van der Waals surface area contributed by atoms with Gasteiger partial charge in [-0.05, 0) is 0 Å². The Labute approximate surface area is 188 Å². The molecule has 0 unspecified atom stereocenters. The van der Waals surface area contributed by atoms with Gasteiger partial charge in [0.15, 0.2) is 0 Å². The smallest absolute Gasteiger partial charge is 0.907 e. The van der Waals surface area contributed by atoms with Gasteiger partial charge in [0.05, 0.1) is 0 Å². The van der Waals surface area contributed by atoms with Gasteiger partial charge in [-0.2, -0.15) is 0 Å². The van der Waals surface area contributed by atoms with Gasteiger partial charge in [0.1, 0.15) is 0 Å². The third-order valence-electron chi connectivity index (χ3n) is 0. The Balaban J connectivity index is -0.00000000468. The summed E-state index contributed by atoms with van der Waals surface area (Å²) in [6.45, 7) is 0. The van der Waals surface area contributed by atoms with Crippen molar-refractivity contribution in [2.24, 2.45) is 0 Å². The zero-order valence-electron chi connectivity index (χ0n) is 7.64. The van der Waals surface area contributed by atoms with Gasteiger partial charge in [-0.15, -0.1) is 0 Å². The first-order valence-corrected chi connectivity index (χ1v) is 1.41. The molecule has 0 saturated heterocycles. The first-order valence-electron chi connectivity index (χ1n) is 1.41. The zero-order valence-corrected chi connectivity index (χ0v) is 15.4. The van der Waals surface area contributed by atoms with Crippen molar-refractivity contribution in [3.8, 4) is 0 Å². The fraction of sp³-hybridized carbons (Fsp3) is 0. The summed E-state index contributed by atoms with van der Waals surface area (Å²) in [4.78, 5) is 0. The van der Waals surface area contributed by atoms with E-state index >= 15 is 0 Å². The Morgan fingerprint density at radius 2 is 0.467 bits per heavy atom. The quantitative estimate of drug-likeness (QED) is 0.385. The largest absolute Gasteiger partial charge is 3.00 e. The monoisotopic (exact) mass is 316 g/mol. The zero-order chi connectivity index (χ0) is 7.15. The Morgan fingerprint density at radius 1 is 0.467 bits per heavy atom. The molecular weight excluding hydrogens is 313 g/mol. The molecule has 72 valence electrons. The van der Waals surface area contributed by atoms with E-state index in [9.17, 15) is 0 Å². The summed E-state index contributed by atoms with van der Waals surface area (Å²) in [6.07, 6.45) is 0. The van der Waals surface area contributed by atoms with Gasteiger partial charge in [0.25, 0.3) is 0 Å². The third-order valence-corrected chi connectivity index (χ3v) is 0. The summed E-state index contributed by atoms with van der Waals surface area (Å²) in [7, 11) is -5.83. The Bertz CT molecular complexity index is 38.8. The van der Waals surface area contributed by atoms with Gasteiger partial charge < -0.3 is 46.6 Å². The van der Waals surface area contributed by atoms with Crippen LogP contribution in [-0.4, -0.2) is 162 Å². The predicted octanol–water partition coefficient (Wildman–Crippen LogP) is -9.95. The Kier molecular flexibility index (Phi) is 212. The maximum atomic E-state index is 8.42. The summed E-state index contributed by atoms with van der Waals surface area (Å²) in [5, 5.41) is 50.5. The first-order chi connectivity index (χ1) is 3.46. The van der Waals surface area contributed by atoms with Crippen molar-refractivity contribution in [2.45, 2.75) is 0 Å². The van der Waals surface area contributed by atoms with Crippen molar-refractivity contribution in [3.63, 3.8) is 0 Å². The van der Waals surface area contributed by atoms with E-state index in [1.165, 1.54) is 0 Å². The molecule has 0 aromatic heterocycles. The van der Waals surface area contributed by atoms with Crippen molar-refractivity contribution in [1.29, 1.82) is 0 Å².